The van der Waals surface area contributed by atoms with Gasteiger partial charge in [-0.2, -0.15) is 5.10 Å². The van der Waals surface area contributed by atoms with Crippen LogP contribution in [0.3, 0.4) is 0 Å². The Labute approximate surface area is 83.1 Å². The molecule has 0 aliphatic carbocycles. The molecule has 5 nitrogen and oxygen atoms in total. The fourth-order valence-electron chi connectivity index (χ4n) is 1.69. The summed E-state index contributed by atoms with van der Waals surface area (Å²) >= 11 is 0. The van der Waals surface area contributed by atoms with Crippen LogP contribution in [0.2, 0.25) is 0 Å². The van der Waals surface area contributed by atoms with E-state index in [2.05, 4.69) is 5.10 Å². The van der Waals surface area contributed by atoms with Gasteiger partial charge in [-0.25, -0.2) is 10.2 Å². The van der Waals surface area contributed by atoms with E-state index >= 15 is 0 Å². The molecule has 2 N–H and O–H groups in total. The largest absolute Gasteiger partial charge is 0.464 e. The van der Waals surface area contributed by atoms with Crippen LogP contribution in [-0.2, 0) is 4.74 Å². The molecule has 0 unspecified atom stereocenters. The highest BCUT2D eigenvalue weighted by Crippen LogP contribution is 2.34. The lowest BCUT2D eigenvalue weighted by atomic mass is 9.98. The summed E-state index contributed by atoms with van der Waals surface area (Å²) in [5, 5.41) is 12.2. The van der Waals surface area contributed by atoms with E-state index in [1.165, 1.54) is 0 Å². The molecule has 5 heteroatoms. The van der Waals surface area contributed by atoms with E-state index in [4.69, 9.17) is 9.84 Å². The SMILES string of the molecule is CC1(C)CC(=NNC(=O)O)C(C)(C)O1. The Morgan fingerprint density at radius 3 is 2.43 bits per heavy atom. The third-order valence-electron chi connectivity index (χ3n) is 2.11. The van der Waals surface area contributed by atoms with Crippen molar-refractivity contribution in [2.24, 2.45) is 5.10 Å². The van der Waals surface area contributed by atoms with Crippen LogP contribution in [0.1, 0.15) is 34.1 Å². The average molecular weight is 200 g/mol. The van der Waals surface area contributed by atoms with Crippen LogP contribution in [0.5, 0.6) is 0 Å². The molecule has 80 valence electrons. The van der Waals surface area contributed by atoms with Gasteiger partial charge < -0.3 is 9.84 Å². The summed E-state index contributed by atoms with van der Waals surface area (Å²) < 4.78 is 5.72. The minimum absolute atomic E-state index is 0.275. The van der Waals surface area contributed by atoms with Crippen LogP contribution in [0, 0.1) is 0 Å². The number of carboxylic acid groups (broad SMARTS) is 1. The fraction of sp³-hybridized carbons (Fsp3) is 0.778. The molecule has 1 aliphatic heterocycles. The molecule has 1 aliphatic rings. The maximum absolute atomic E-state index is 10.3. The van der Waals surface area contributed by atoms with Crippen molar-refractivity contribution in [1.82, 2.24) is 5.43 Å². The van der Waals surface area contributed by atoms with Gasteiger partial charge in [-0.15, -0.1) is 0 Å². The molecular weight excluding hydrogens is 184 g/mol. The third kappa shape index (κ3) is 2.45. The van der Waals surface area contributed by atoms with Crippen molar-refractivity contribution in [2.75, 3.05) is 0 Å². The molecular formula is C9H16N2O3. The first-order chi connectivity index (χ1) is 6.23. The predicted molar refractivity (Wildman–Crippen MR) is 52.5 cm³/mol. The van der Waals surface area contributed by atoms with Crippen molar-refractivity contribution in [2.45, 2.75) is 45.3 Å². The van der Waals surface area contributed by atoms with Gasteiger partial charge in [0.1, 0.15) is 5.60 Å². The van der Waals surface area contributed by atoms with Crippen LogP contribution in [0.25, 0.3) is 0 Å². The van der Waals surface area contributed by atoms with Crippen LogP contribution in [0.4, 0.5) is 4.79 Å². The molecule has 0 atom stereocenters. The number of nitrogens with one attached hydrogen (secondary N) is 1. The Hall–Kier alpha value is -1.10. The van der Waals surface area contributed by atoms with Crippen LogP contribution in [0.15, 0.2) is 5.10 Å². The summed E-state index contributed by atoms with van der Waals surface area (Å²) in [6, 6.07) is 0. The van der Waals surface area contributed by atoms with E-state index in [1.54, 1.807) is 0 Å². The van der Waals surface area contributed by atoms with Crippen molar-refractivity contribution < 1.29 is 14.6 Å². The number of rotatable bonds is 1. The summed E-state index contributed by atoms with van der Waals surface area (Å²) in [4.78, 5) is 10.3. The van der Waals surface area contributed by atoms with E-state index < -0.39 is 11.7 Å². The summed E-state index contributed by atoms with van der Waals surface area (Å²) in [5.41, 5.74) is 1.96. The van der Waals surface area contributed by atoms with Crippen LogP contribution in [-0.4, -0.2) is 28.1 Å². The Bertz CT molecular complexity index is 282. The lowest BCUT2D eigenvalue weighted by Gasteiger charge is -2.22. The normalized spacial score (nSPS) is 26.4. The maximum atomic E-state index is 10.3. The van der Waals surface area contributed by atoms with Gasteiger partial charge >= 0.3 is 6.09 Å². The Morgan fingerprint density at radius 2 is 2.07 bits per heavy atom. The molecule has 0 saturated carbocycles. The lowest BCUT2D eigenvalue weighted by molar-refractivity contribution is -0.0515. The van der Waals surface area contributed by atoms with Gasteiger partial charge in [0.2, 0.25) is 0 Å². The standard InChI is InChI=1S/C9H16N2O3/c1-8(2)5-6(9(3,4)14-8)10-11-7(12)13/h11H,5H2,1-4H3,(H,12,13). The molecule has 0 aromatic carbocycles. The molecule has 0 radical (unpaired) electrons. The van der Waals surface area contributed by atoms with E-state index in [0.717, 1.165) is 5.71 Å². The highest BCUT2D eigenvalue weighted by molar-refractivity contribution is 5.94. The molecule has 0 aromatic heterocycles. The number of amides is 1. The van der Waals surface area contributed by atoms with Gasteiger partial charge in [-0.1, -0.05) is 0 Å². The van der Waals surface area contributed by atoms with E-state index in [0.29, 0.717) is 6.42 Å². The third-order valence-corrected chi connectivity index (χ3v) is 2.11. The molecule has 0 aromatic rings. The van der Waals surface area contributed by atoms with Crippen molar-refractivity contribution in [1.29, 1.82) is 0 Å². The highest BCUT2D eigenvalue weighted by Gasteiger charge is 2.43. The molecule has 1 amide bonds. The van der Waals surface area contributed by atoms with E-state index in [1.807, 2.05) is 33.1 Å². The summed E-state index contributed by atoms with van der Waals surface area (Å²) in [6.07, 6.45) is -0.515. The number of hydrogen-bond donors (Lipinski definition) is 2. The Kier molecular flexibility index (Phi) is 2.54. The van der Waals surface area contributed by atoms with Crippen molar-refractivity contribution in [3.63, 3.8) is 0 Å². The summed E-state index contributed by atoms with van der Waals surface area (Å²) in [6.45, 7) is 7.67. The van der Waals surface area contributed by atoms with Crippen molar-refractivity contribution in [3.8, 4) is 0 Å². The topological polar surface area (TPSA) is 70.9 Å². The molecule has 1 saturated heterocycles. The fourth-order valence-corrected chi connectivity index (χ4v) is 1.69. The summed E-state index contributed by atoms with van der Waals surface area (Å²) in [5.74, 6) is 0. The highest BCUT2D eigenvalue weighted by atomic mass is 16.5. The summed E-state index contributed by atoms with van der Waals surface area (Å²) in [7, 11) is 0. The number of hydrogen-bond acceptors (Lipinski definition) is 3. The van der Waals surface area contributed by atoms with Crippen LogP contribution < -0.4 is 5.43 Å². The molecule has 1 fully saturated rings. The second-order valence-electron chi connectivity index (χ2n) is 4.52. The lowest BCUT2D eigenvalue weighted by Crippen LogP contribution is -2.31. The second kappa shape index (κ2) is 3.24. The van der Waals surface area contributed by atoms with Gasteiger partial charge in [0.05, 0.1) is 11.3 Å². The zero-order chi connectivity index (χ0) is 11.0. The maximum Gasteiger partial charge on any atom is 0.425 e. The second-order valence-corrected chi connectivity index (χ2v) is 4.52. The smallest absolute Gasteiger partial charge is 0.425 e. The first-order valence-electron chi connectivity index (χ1n) is 4.49. The minimum Gasteiger partial charge on any atom is -0.464 e. The van der Waals surface area contributed by atoms with Gasteiger partial charge in [-0.3, -0.25) is 0 Å². The quantitative estimate of drug-likeness (QED) is 0.631. The van der Waals surface area contributed by atoms with Crippen LogP contribution >= 0.6 is 0 Å². The molecule has 1 heterocycles. The Morgan fingerprint density at radius 1 is 1.50 bits per heavy atom. The minimum atomic E-state index is -1.15. The Balaban J connectivity index is 2.80. The van der Waals surface area contributed by atoms with Crippen molar-refractivity contribution >= 4 is 11.8 Å². The van der Waals surface area contributed by atoms with E-state index in [-0.39, 0.29) is 5.60 Å². The number of ether oxygens (including phenoxy) is 1. The van der Waals surface area contributed by atoms with Gasteiger partial charge in [0.15, 0.2) is 0 Å². The average Bonchev–Trinajstić information content (AvgIpc) is 2.14. The monoisotopic (exact) mass is 200 g/mol. The molecule has 14 heavy (non-hydrogen) atoms. The van der Waals surface area contributed by atoms with E-state index in [9.17, 15) is 4.79 Å². The predicted octanol–water partition coefficient (Wildman–Crippen LogP) is 1.59. The number of hydrazone groups is 1. The first kappa shape index (κ1) is 11.0. The zero-order valence-corrected chi connectivity index (χ0v) is 8.92. The zero-order valence-electron chi connectivity index (χ0n) is 8.92. The number of nitrogens with zero attached hydrogens (tertiary/aromatic N) is 1. The molecule has 0 spiro atoms. The van der Waals surface area contributed by atoms with Gasteiger partial charge in [-0.05, 0) is 27.7 Å². The first-order valence-corrected chi connectivity index (χ1v) is 4.49. The van der Waals surface area contributed by atoms with Gasteiger partial charge in [0, 0.05) is 6.42 Å². The molecule has 0 bridgehead atoms. The van der Waals surface area contributed by atoms with Gasteiger partial charge in [0.25, 0.3) is 0 Å². The molecule has 1 rings (SSSR count). The number of carbonyl (C=O) groups is 1. The van der Waals surface area contributed by atoms with Crippen molar-refractivity contribution in [3.05, 3.63) is 0 Å².